The lowest BCUT2D eigenvalue weighted by molar-refractivity contribution is 0.144. The highest BCUT2D eigenvalue weighted by Gasteiger charge is 2.35. The second kappa shape index (κ2) is 5.96. The van der Waals surface area contributed by atoms with Gasteiger partial charge in [0.05, 0.1) is 0 Å². The molecule has 3 N–H and O–H groups in total. The summed E-state index contributed by atoms with van der Waals surface area (Å²) >= 11 is 0. The molecule has 1 aliphatic carbocycles. The minimum absolute atomic E-state index is 0.168. The number of benzene rings is 1. The van der Waals surface area contributed by atoms with E-state index in [4.69, 9.17) is 10.9 Å². The van der Waals surface area contributed by atoms with Crippen LogP contribution < -0.4 is 10.6 Å². The van der Waals surface area contributed by atoms with Crippen LogP contribution in [-0.2, 0) is 0 Å². The third-order valence-electron chi connectivity index (χ3n) is 5.37. The molecule has 0 bridgehead atoms. The number of piperidine rings is 1. The number of hydrogen-bond donors (Lipinski definition) is 2. The van der Waals surface area contributed by atoms with Crippen LogP contribution in [0.1, 0.15) is 50.5 Å². The van der Waals surface area contributed by atoms with Gasteiger partial charge in [-0.3, -0.25) is 0 Å². The predicted molar refractivity (Wildman–Crippen MR) is 85.9 cm³/mol. The van der Waals surface area contributed by atoms with Crippen LogP contribution >= 0.6 is 0 Å². The van der Waals surface area contributed by atoms with E-state index in [1.807, 2.05) is 12.1 Å². The van der Waals surface area contributed by atoms with E-state index in [1.165, 1.54) is 50.6 Å². The zero-order valence-electron chi connectivity index (χ0n) is 12.6. The van der Waals surface area contributed by atoms with Crippen molar-refractivity contribution in [2.45, 2.75) is 44.9 Å². The van der Waals surface area contributed by atoms with Gasteiger partial charge in [0.15, 0.2) is 5.84 Å². The molecular formula is C17H25N3O. The Morgan fingerprint density at radius 3 is 2.19 bits per heavy atom. The van der Waals surface area contributed by atoms with Gasteiger partial charge in [-0.15, -0.1) is 0 Å². The first-order valence-corrected chi connectivity index (χ1v) is 8.05. The van der Waals surface area contributed by atoms with Gasteiger partial charge in [-0.25, -0.2) is 0 Å². The molecule has 2 fully saturated rings. The van der Waals surface area contributed by atoms with Gasteiger partial charge in [-0.1, -0.05) is 24.4 Å². The summed E-state index contributed by atoms with van der Waals surface area (Å²) < 4.78 is 0. The molecule has 4 heteroatoms. The van der Waals surface area contributed by atoms with Crippen molar-refractivity contribution >= 4 is 11.5 Å². The summed E-state index contributed by atoms with van der Waals surface area (Å²) in [6.07, 6.45) is 9.81. The highest BCUT2D eigenvalue weighted by Crippen LogP contribution is 2.45. The van der Waals surface area contributed by atoms with Gasteiger partial charge in [0.25, 0.3) is 0 Å². The van der Waals surface area contributed by atoms with Crippen LogP contribution in [0, 0.1) is 5.41 Å². The average molecular weight is 287 g/mol. The third kappa shape index (κ3) is 2.99. The molecule has 0 amide bonds. The molecule has 1 aromatic rings. The lowest BCUT2D eigenvalue weighted by Gasteiger charge is -2.45. The fourth-order valence-corrected chi connectivity index (χ4v) is 3.94. The molecule has 0 radical (unpaired) electrons. The minimum atomic E-state index is 0.168. The standard InChI is InChI=1S/C17H25N3O/c18-16(19-21)14-4-6-15(7-5-14)20-12-10-17(11-13-20)8-2-1-3-9-17/h4-7,21H,1-3,8-13H2,(H2,18,19). The van der Waals surface area contributed by atoms with Gasteiger partial charge in [0.1, 0.15) is 0 Å². The predicted octanol–water partition coefficient (Wildman–Crippen LogP) is 3.33. The first-order chi connectivity index (χ1) is 10.2. The molecule has 1 spiro atoms. The van der Waals surface area contributed by atoms with Crippen LogP contribution in [0.2, 0.25) is 0 Å². The maximum atomic E-state index is 8.70. The summed E-state index contributed by atoms with van der Waals surface area (Å²) in [5.74, 6) is 0.168. The Morgan fingerprint density at radius 2 is 1.62 bits per heavy atom. The average Bonchev–Trinajstić information content (AvgIpc) is 2.56. The molecule has 1 heterocycles. The highest BCUT2D eigenvalue weighted by atomic mass is 16.4. The first kappa shape index (κ1) is 14.2. The number of amidine groups is 1. The fourth-order valence-electron chi connectivity index (χ4n) is 3.94. The van der Waals surface area contributed by atoms with Gasteiger partial charge in [-0.2, -0.15) is 0 Å². The number of oxime groups is 1. The molecule has 1 saturated carbocycles. The van der Waals surface area contributed by atoms with Crippen molar-refractivity contribution in [3.05, 3.63) is 29.8 Å². The molecule has 3 rings (SSSR count). The van der Waals surface area contributed by atoms with Crippen molar-refractivity contribution in [2.75, 3.05) is 18.0 Å². The zero-order chi connectivity index (χ0) is 14.7. The Morgan fingerprint density at radius 1 is 1.00 bits per heavy atom. The number of rotatable bonds is 2. The quantitative estimate of drug-likeness (QED) is 0.379. The largest absolute Gasteiger partial charge is 0.409 e. The number of nitrogens with zero attached hydrogens (tertiary/aromatic N) is 2. The van der Waals surface area contributed by atoms with Gasteiger partial charge in [0.2, 0.25) is 0 Å². The molecule has 1 saturated heterocycles. The molecule has 0 aromatic heterocycles. The van der Waals surface area contributed by atoms with E-state index in [-0.39, 0.29) is 5.84 Å². The van der Waals surface area contributed by atoms with Gasteiger partial charge >= 0.3 is 0 Å². The zero-order valence-corrected chi connectivity index (χ0v) is 12.6. The van der Waals surface area contributed by atoms with E-state index in [2.05, 4.69) is 22.2 Å². The molecule has 1 aromatic carbocycles. The smallest absolute Gasteiger partial charge is 0.170 e. The molecule has 0 atom stereocenters. The van der Waals surface area contributed by atoms with E-state index in [9.17, 15) is 0 Å². The SMILES string of the molecule is NC(=NO)c1ccc(N2CCC3(CCCCC3)CC2)cc1. The van der Waals surface area contributed by atoms with E-state index in [0.717, 1.165) is 18.7 Å². The molecular weight excluding hydrogens is 262 g/mol. The van der Waals surface area contributed by atoms with Crippen LogP contribution in [0.3, 0.4) is 0 Å². The Labute approximate surface area is 126 Å². The minimum Gasteiger partial charge on any atom is -0.409 e. The Bertz CT molecular complexity index is 493. The van der Waals surface area contributed by atoms with E-state index in [1.54, 1.807) is 0 Å². The van der Waals surface area contributed by atoms with Gasteiger partial charge in [-0.05, 0) is 55.4 Å². The molecule has 2 aliphatic rings. The summed E-state index contributed by atoms with van der Waals surface area (Å²) in [7, 11) is 0. The van der Waals surface area contributed by atoms with Crippen LogP contribution in [0.4, 0.5) is 5.69 Å². The Kier molecular flexibility index (Phi) is 4.04. The van der Waals surface area contributed by atoms with Crippen molar-refractivity contribution in [3.8, 4) is 0 Å². The Hall–Kier alpha value is -1.71. The van der Waals surface area contributed by atoms with Crippen molar-refractivity contribution in [2.24, 2.45) is 16.3 Å². The summed E-state index contributed by atoms with van der Waals surface area (Å²) in [5, 5.41) is 11.7. The molecule has 4 nitrogen and oxygen atoms in total. The van der Waals surface area contributed by atoms with Gasteiger partial charge < -0.3 is 15.8 Å². The third-order valence-corrected chi connectivity index (χ3v) is 5.37. The lowest BCUT2D eigenvalue weighted by Crippen LogP contribution is -2.41. The monoisotopic (exact) mass is 287 g/mol. The fraction of sp³-hybridized carbons (Fsp3) is 0.588. The van der Waals surface area contributed by atoms with Crippen LogP contribution in [0.15, 0.2) is 29.4 Å². The molecule has 1 aliphatic heterocycles. The summed E-state index contributed by atoms with van der Waals surface area (Å²) in [6, 6.07) is 8.00. The van der Waals surface area contributed by atoms with E-state index < -0.39 is 0 Å². The number of anilines is 1. The van der Waals surface area contributed by atoms with Crippen LogP contribution in [0.25, 0.3) is 0 Å². The van der Waals surface area contributed by atoms with Gasteiger partial charge in [0, 0.05) is 24.3 Å². The Balaban J connectivity index is 1.64. The van der Waals surface area contributed by atoms with Crippen molar-refractivity contribution in [3.63, 3.8) is 0 Å². The summed E-state index contributed by atoms with van der Waals surface area (Å²) in [4.78, 5) is 2.47. The summed E-state index contributed by atoms with van der Waals surface area (Å²) in [5.41, 5.74) is 8.26. The highest BCUT2D eigenvalue weighted by molar-refractivity contribution is 5.97. The van der Waals surface area contributed by atoms with Crippen molar-refractivity contribution < 1.29 is 5.21 Å². The van der Waals surface area contributed by atoms with E-state index >= 15 is 0 Å². The first-order valence-electron chi connectivity index (χ1n) is 8.05. The van der Waals surface area contributed by atoms with Crippen molar-refractivity contribution in [1.29, 1.82) is 0 Å². The topological polar surface area (TPSA) is 61.9 Å². The molecule has 21 heavy (non-hydrogen) atoms. The second-order valence-corrected chi connectivity index (χ2v) is 6.58. The van der Waals surface area contributed by atoms with Crippen LogP contribution in [0.5, 0.6) is 0 Å². The second-order valence-electron chi connectivity index (χ2n) is 6.58. The summed E-state index contributed by atoms with van der Waals surface area (Å²) in [6.45, 7) is 2.31. The van der Waals surface area contributed by atoms with E-state index in [0.29, 0.717) is 5.41 Å². The van der Waals surface area contributed by atoms with Crippen LogP contribution in [-0.4, -0.2) is 24.1 Å². The normalized spacial score (nSPS) is 22.5. The maximum absolute atomic E-state index is 8.70. The maximum Gasteiger partial charge on any atom is 0.170 e. The molecule has 114 valence electrons. The van der Waals surface area contributed by atoms with Crippen molar-refractivity contribution in [1.82, 2.24) is 0 Å². The molecule has 0 unspecified atom stereocenters. The number of nitrogens with two attached hydrogens (primary N) is 1. The number of hydrogen-bond acceptors (Lipinski definition) is 3. The lowest BCUT2D eigenvalue weighted by atomic mass is 9.68.